The van der Waals surface area contributed by atoms with E-state index in [4.69, 9.17) is 9.97 Å². The van der Waals surface area contributed by atoms with Crippen molar-refractivity contribution in [2.45, 2.75) is 52.4 Å². The zero-order chi connectivity index (χ0) is 41.6. The summed E-state index contributed by atoms with van der Waals surface area (Å²) in [5.41, 5.74) is 16.7. The first-order chi connectivity index (χ1) is 28.9. The molecule has 3 heterocycles. The van der Waals surface area contributed by atoms with E-state index in [1.807, 2.05) is 24.3 Å². The molecule has 0 atom stereocenters. The van der Waals surface area contributed by atoms with Crippen molar-refractivity contribution in [2.24, 2.45) is 0 Å². The van der Waals surface area contributed by atoms with Gasteiger partial charge in [0.05, 0.1) is 5.69 Å². The largest absolute Gasteiger partial charge is 0.507 e. The van der Waals surface area contributed by atoms with Crippen molar-refractivity contribution in [3.8, 4) is 84.2 Å². The van der Waals surface area contributed by atoms with Crippen LogP contribution in [0.5, 0.6) is 5.75 Å². The Hall–Kier alpha value is -6.35. The summed E-state index contributed by atoms with van der Waals surface area (Å²) >= 11 is 0. The Balaban J connectivity index is 0.00000514. The van der Waals surface area contributed by atoms with Crippen LogP contribution in [0.4, 0.5) is 0 Å². The third-order valence-corrected chi connectivity index (χ3v) is 11.3. The van der Waals surface area contributed by atoms with Gasteiger partial charge in [0, 0.05) is 49.9 Å². The summed E-state index contributed by atoms with van der Waals surface area (Å²) in [4.78, 5) is 10.5. The van der Waals surface area contributed by atoms with E-state index in [1.165, 1.54) is 11.1 Å². The molecular formula is C56H48N3OPt-. The summed E-state index contributed by atoms with van der Waals surface area (Å²) in [5.74, 6) is 0.187. The third-order valence-electron chi connectivity index (χ3n) is 11.3. The molecule has 0 bridgehead atoms. The molecule has 0 saturated carbocycles. The number of pyridine rings is 2. The van der Waals surface area contributed by atoms with E-state index in [0.717, 1.165) is 72.8 Å². The van der Waals surface area contributed by atoms with Crippen LogP contribution in [0.25, 0.3) is 84.1 Å². The number of hydrogen-bond acceptors (Lipinski definition) is 3. The molecule has 304 valence electrons. The van der Waals surface area contributed by atoms with Crippen LogP contribution in [-0.2, 0) is 31.9 Å². The van der Waals surface area contributed by atoms with E-state index in [-0.39, 0.29) is 37.6 Å². The second-order valence-corrected chi connectivity index (χ2v) is 17.7. The molecule has 1 N–H and O–H groups in total. The van der Waals surface area contributed by atoms with Gasteiger partial charge in [0.15, 0.2) is 0 Å². The molecule has 0 amide bonds. The fourth-order valence-corrected chi connectivity index (χ4v) is 7.90. The summed E-state index contributed by atoms with van der Waals surface area (Å²) in [5, 5.41) is 11.1. The van der Waals surface area contributed by atoms with E-state index < -0.39 is 0 Å². The fraction of sp³-hybridized carbons (Fsp3) is 0.143. The maximum atomic E-state index is 11.1. The number of hydrogen-bond donors (Lipinski definition) is 1. The molecule has 0 aliphatic heterocycles. The number of phenols is 1. The molecule has 0 saturated heterocycles. The molecule has 4 nitrogen and oxygen atoms in total. The van der Waals surface area contributed by atoms with Gasteiger partial charge in [0.2, 0.25) is 0 Å². The maximum Gasteiger partial charge on any atom is 0.129 e. The van der Waals surface area contributed by atoms with Gasteiger partial charge in [-0.15, -0.1) is 24.3 Å². The van der Waals surface area contributed by atoms with Crippen LogP contribution in [-0.4, -0.2) is 19.5 Å². The molecule has 9 aromatic rings. The van der Waals surface area contributed by atoms with Gasteiger partial charge in [-0.1, -0.05) is 156 Å². The Kier molecular flexibility index (Phi) is 11.3. The number of para-hydroxylation sites is 1. The van der Waals surface area contributed by atoms with Crippen molar-refractivity contribution in [2.75, 3.05) is 0 Å². The minimum Gasteiger partial charge on any atom is -0.507 e. The van der Waals surface area contributed by atoms with Crippen molar-refractivity contribution in [1.29, 1.82) is 0 Å². The minimum absolute atomic E-state index is 0. The van der Waals surface area contributed by atoms with Crippen LogP contribution in [0.3, 0.4) is 0 Å². The first-order valence-corrected chi connectivity index (χ1v) is 20.6. The molecule has 3 aromatic heterocycles. The molecular weight excluding hydrogens is 926 g/mol. The Morgan fingerprint density at radius 3 is 1.61 bits per heavy atom. The Morgan fingerprint density at radius 1 is 0.459 bits per heavy atom. The molecule has 0 spiro atoms. The van der Waals surface area contributed by atoms with Crippen molar-refractivity contribution < 1.29 is 26.2 Å². The molecule has 0 aliphatic carbocycles. The fourth-order valence-electron chi connectivity index (χ4n) is 7.90. The summed E-state index contributed by atoms with van der Waals surface area (Å²) < 4.78 is 2.18. The second kappa shape index (κ2) is 16.6. The summed E-state index contributed by atoms with van der Waals surface area (Å²) in [6, 6.07) is 62.7. The van der Waals surface area contributed by atoms with E-state index in [1.54, 1.807) is 6.07 Å². The van der Waals surface area contributed by atoms with Gasteiger partial charge in [-0.25, -0.2) is 0 Å². The molecule has 5 heteroatoms. The molecule has 6 aromatic carbocycles. The van der Waals surface area contributed by atoms with Crippen molar-refractivity contribution in [3.63, 3.8) is 0 Å². The number of benzene rings is 6. The van der Waals surface area contributed by atoms with Crippen LogP contribution in [0, 0.1) is 6.07 Å². The summed E-state index contributed by atoms with van der Waals surface area (Å²) in [7, 11) is 0. The van der Waals surface area contributed by atoms with Gasteiger partial charge in [-0.3, -0.25) is 9.97 Å². The number of aromatic hydroxyl groups is 1. The molecule has 0 fully saturated rings. The van der Waals surface area contributed by atoms with Gasteiger partial charge in [0.25, 0.3) is 0 Å². The van der Waals surface area contributed by atoms with Crippen LogP contribution < -0.4 is 0 Å². The normalized spacial score (nSPS) is 11.7. The van der Waals surface area contributed by atoms with Crippen molar-refractivity contribution in [3.05, 3.63) is 193 Å². The minimum atomic E-state index is -0.0528. The van der Waals surface area contributed by atoms with E-state index in [0.29, 0.717) is 11.3 Å². The summed E-state index contributed by atoms with van der Waals surface area (Å²) in [6.07, 6.45) is 2.09. The van der Waals surface area contributed by atoms with Crippen LogP contribution in [0.1, 0.15) is 52.7 Å². The smallest absolute Gasteiger partial charge is 0.129 e. The van der Waals surface area contributed by atoms with E-state index in [2.05, 4.69) is 198 Å². The maximum absolute atomic E-state index is 11.1. The molecule has 0 unspecified atom stereocenters. The van der Waals surface area contributed by atoms with E-state index in [9.17, 15) is 5.11 Å². The quantitative estimate of drug-likeness (QED) is 0.162. The van der Waals surface area contributed by atoms with Crippen molar-refractivity contribution in [1.82, 2.24) is 14.4 Å². The number of imidazole rings is 1. The van der Waals surface area contributed by atoms with Gasteiger partial charge >= 0.3 is 0 Å². The van der Waals surface area contributed by atoms with Crippen molar-refractivity contribution >= 4 is 5.65 Å². The average Bonchev–Trinajstić information content (AvgIpc) is 3.66. The zero-order valence-electron chi connectivity index (χ0n) is 35.3. The zero-order valence-corrected chi connectivity index (χ0v) is 37.6. The van der Waals surface area contributed by atoms with Crippen LogP contribution >= 0.6 is 0 Å². The molecule has 9 rings (SSSR count). The third kappa shape index (κ3) is 8.51. The number of nitrogens with zero attached hydrogens (tertiary/aromatic N) is 3. The first kappa shape index (κ1) is 41.4. The number of rotatable bonds is 7. The monoisotopic (exact) mass is 973 g/mol. The van der Waals surface area contributed by atoms with Gasteiger partial charge < -0.3 is 9.51 Å². The topological polar surface area (TPSA) is 50.4 Å². The number of aromatic nitrogens is 3. The Morgan fingerprint density at radius 2 is 0.984 bits per heavy atom. The number of fused-ring (bicyclic) bond motifs is 1. The van der Waals surface area contributed by atoms with Crippen LogP contribution in [0.2, 0.25) is 0 Å². The number of phenolic OH excluding ortho intramolecular Hbond substituents is 1. The van der Waals surface area contributed by atoms with Crippen LogP contribution in [0.15, 0.2) is 176 Å². The standard InChI is InChI=1S/C56H48N3O.Pt/c1-55(2,3)46-32-43(33-47(36-46)56(4,5)6)44-34-49(57-50(35-44)48-24-13-14-25-51(48)60)39-22-17-23-40(28-39)53-54(59-27-16-15-26-52(59)58-53)45-30-41(37-18-9-7-10-19-37)29-42(31-45)38-20-11-8-12-21-38;/h7-27,29-36,60H,1-6H3;/q-1;. The predicted octanol–water partition coefficient (Wildman–Crippen LogP) is 14.5. The molecule has 0 aliphatic rings. The Bertz CT molecular complexity index is 2920. The predicted molar refractivity (Wildman–Crippen MR) is 249 cm³/mol. The summed E-state index contributed by atoms with van der Waals surface area (Å²) in [6.45, 7) is 13.6. The Labute approximate surface area is 373 Å². The average molecular weight is 974 g/mol. The molecule has 0 radical (unpaired) electrons. The van der Waals surface area contributed by atoms with Gasteiger partial charge in [-0.2, -0.15) is 0 Å². The molecule has 61 heavy (non-hydrogen) atoms. The van der Waals surface area contributed by atoms with E-state index >= 15 is 0 Å². The van der Waals surface area contributed by atoms with Gasteiger partial charge in [-0.05, 0) is 109 Å². The second-order valence-electron chi connectivity index (χ2n) is 17.7. The first-order valence-electron chi connectivity index (χ1n) is 20.6. The van der Waals surface area contributed by atoms with Gasteiger partial charge in [0.1, 0.15) is 11.4 Å². The SMILES string of the molecule is CC(C)(C)c1cc(-c2cc(-c3[c-]c(-c4nc5ccccn5c4-c4cc(-c5ccccc5)cc(-c5ccccc5)c4)ccc3)nc(-c3ccccc3O)c2)cc(C(C)(C)C)c1.[Pt].